The number of para-hydroxylation sites is 2. The minimum Gasteiger partial charge on any atom is -0.352 e. The van der Waals surface area contributed by atoms with Gasteiger partial charge in [-0.3, -0.25) is 9.59 Å². The molecular formula is C24H29BrN4O2. The Morgan fingerprint density at radius 3 is 2.58 bits per heavy atom. The summed E-state index contributed by atoms with van der Waals surface area (Å²) in [6, 6.07) is 15.2. The first-order valence-electron chi connectivity index (χ1n) is 10.7. The van der Waals surface area contributed by atoms with Crippen molar-refractivity contribution >= 4 is 38.8 Å². The summed E-state index contributed by atoms with van der Waals surface area (Å²) in [6.07, 6.45) is 3.48. The minimum atomic E-state index is -0.0891. The van der Waals surface area contributed by atoms with E-state index in [4.69, 9.17) is 4.98 Å². The van der Waals surface area contributed by atoms with Gasteiger partial charge in [0.1, 0.15) is 12.4 Å². The minimum absolute atomic E-state index is 0.0846. The summed E-state index contributed by atoms with van der Waals surface area (Å²) in [5, 5.41) is 2.96. The number of nitrogens with one attached hydrogen (secondary N) is 1. The molecule has 3 aromatic rings. The second kappa shape index (κ2) is 11.1. The SMILES string of the molecule is CCCCN(C)C(=O)Cn1c(CCCNC(=O)c2ccc(Br)cc2)nc2ccccc21. The van der Waals surface area contributed by atoms with Crippen LogP contribution in [0.15, 0.2) is 53.0 Å². The molecule has 1 N–H and O–H groups in total. The van der Waals surface area contributed by atoms with E-state index in [0.29, 0.717) is 18.5 Å². The first-order valence-corrected chi connectivity index (χ1v) is 11.5. The predicted octanol–water partition coefficient (Wildman–Crippen LogP) is 4.42. The van der Waals surface area contributed by atoms with Crippen molar-refractivity contribution in [2.75, 3.05) is 20.1 Å². The van der Waals surface area contributed by atoms with Crippen molar-refractivity contribution in [1.82, 2.24) is 19.8 Å². The molecule has 0 spiro atoms. The van der Waals surface area contributed by atoms with Gasteiger partial charge in [-0.05, 0) is 49.2 Å². The molecular weight excluding hydrogens is 456 g/mol. The molecule has 0 atom stereocenters. The third kappa shape index (κ3) is 6.17. The van der Waals surface area contributed by atoms with Crippen LogP contribution in [-0.2, 0) is 17.8 Å². The van der Waals surface area contributed by atoms with Gasteiger partial charge in [-0.15, -0.1) is 0 Å². The van der Waals surface area contributed by atoms with Crippen molar-refractivity contribution in [1.29, 1.82) is 0 Å². The number of rotatable bonds is 10. The molecule has 1 aromatic heterocycles. The number of aryl methyl sites for hydroxylation is 1. The van der Waals surface area contributed by atoms with Crippen LogP contribution in [0.5, 0.6) is 0 Å². The molecule has 2 amide bonds. The van der Waals surface area contributed by atoms with Gasteiger partial charge in [0.15, 0.2) is 0 Å². The number of halogens is 1. The number of hydrogen-bond acceptors (Lipinski definition) is 3. The van der Waals surface area contributed by atoms with Crippen LogP contribution < -0.4 is 5.32 Å². The quantitative estimate of drug-likeness (QED) is 0.433. The van der Waals surface area contributed by atoms with Crippen LogP contribution in [0, 0.1) is 0 Å². The average molecular weight is 485 g/mol. The molecule has 6 nitrogen and oxygen atoms in total. The Labute approximate surface area is 191 Å². The first kappa shape index (κ1) is 23.0. The molecule has 0 fully saturated rings. The van der Waals surface area contributed by atoms with Gasteiger partial charge in [0, 0.05) is 36.6 Å². The molecule has 164 valence electrons. The number of unbranched alkanes of at least 4 members (excludes halogenated alkanes) is 1. The average Bonchev–Trinajstić information content (AvgIpc) is 3.12. The Bertz CT molecular complexity index is 1030. The number of hydrogen-bond donors (Lipinski definition) is 1. The summed E-state index contributed by atoms with van der Waals surface area (Å²) in [4.78, 5) is 31.6. The summed E-state index contributed by atoms with van der Waals surface area (Å²) in [5.74, 6) is 0.867. The molecule has 0 unspecified atom stereocenters. The van der Waals surface area contributed by atoms with Crippen molar-refractivity contribution in [2.45, 2.75) is 39.2 Å². The molecule has 0 aliphatic rings. The Hall–Kier alpha value is -2.67. The van der Waals surface area contributed by atoms with Crippen molar-refractivity contribution in [3.8, 4) is 0 Å². The van der Waals surface area contributed by atoms with Gasteiger partial charge in [0.25, 0.3) is 5.91 Å². The molecule has 0 aliphatic heterocycles. The normalized spacial score (nSPS) is 10.9. The molecule has 0 bridgehead atoms. The van der Waals surface area contributed by atoms with Gasteiger partial charge in [-0.25, -0.2) is 4.98 Å². The van der Waals surface area contributed by atoms with Crippen LogP contribution in [0.1, 0.15) is 42.4 Å². The van der Waals surface area contributed by atoms with E-state index in [1.165, 1.54) is 0 Å². The van der Waals surface area contributed by atoms with E-state index in [0.717, 1.165) is 47.1 Å². The predicted molar refractivity (Wildman–Crippen MR) is 127 cm³/mol. The molecule has 3 rings (SSSR count). The molecule has 2 aromatic carbocycles. The third-order valence-electron chi connectivity index (χ3n) is 5.27. The molecule has 7 heteroatoms. The van der Waals surface area contributed by atoms with E-state index in [-0.39, 0.29) is 18.4 Å². The zero-order valence-corrected chi connectivity index (χ0v) is 19.7. The Morgan fingerprint density at radius 1 is 1.10 bits per heavy atom. The van der Waals surface area contributed by atoms with E-state index < -0.39 is 0 Å². The number of fused-ring (bicyclic) bond motifs is 1. The lowest BCUT2D eigenvalue weighted by atomic mass is 10.2. The van der Waals surface area contributed by atoms with Crippen molar-refractivity contribution in [2.24, 2.45) is 0 Å². The summed E-state index contributed by atoms with van der Waals surface area (Å²) < 4.78 is 2.95. The Balaban J connectivity index is 1.63. The number of nitrogens with zero attached hydrogens (tertiary/aromatic N) is 3. The van der Waals surface area contributed by atoms with E-state index in [1.807, 2.05) is 48.0 Å². The van der Waals surface area contributed by atoms with Gasteiger partial charge in [0.2, 0.25) is 5.91 Å². The van der Waals surface area contributed by atoms with Crippen LogP contribution in [0.3, 0.4) is 0 Å². The Kier molecular flexibility index (Phi) is 8.23. The van der Waals surface area contributed by atoms with Crippen LogP contribution in [0.4, 0.5) is 0 Å². The summed E-state index contributed by atoms with van der Waals surface area (Å²) in [6.45, 7) is 3.71. The maximum absolute atomic E-state index is 12.7. The Morgan fingerprint density at radius 2 is 1.84 bits per heavy atom. The molecule has 0 radical (unpaired) electrons. The zero-order valence-electron chi connectivity index (χ0n) is 18.1. The maximum atomic E-state index is 12.7. The fourth-order valence-corrected chi connectivity index (χ4v) is 3.68. The highest BCUT2D eigenvalue weighted by Crippen LogP contribution is 2.18. The van der Waals surface area contributed by atoms with E-state index >= 15 is 0 Å². The lowest BCUT2D eigenvalue weighted by Crippen LogP contribution is -2.31. The topological polar surface area (TPSA) is 67.2 Å². The number of aromatic nitrogens is 2. The maximum Gasteiger partial charge on any atom is 0.251 e. The number of carbonyl (C=O) groups excluding carboxylic acids is 2. The second-order valence-corrected chi connectivity index (χ2v) is 8.55. The molecule has 0 saturated heterocycles. The van der Waals surface area contributed by atoms with Gasteiger partial charge in [-0.2, -0.15) is 0 Å². The molecule has 31 heavy (non-hydrogen) atoms. The van der Waals surface area contributed by atoms with Gasteiger partial charge < -0.3 is 14.8 Å². The van der Waals surface area contributed by atoms with Crippen LogP contribution in [0.2, 0.25) is 0 Å². The fraction of sp³-hybridized carbons (Fsp3) is 0.375. The van der Waals surface area contributed by atoms with Crippen LogP contribution >= 0.6 is 15.9 Å². The lowest BCUT2D eigenvalue weighted by Gasteiger charge is -2.18. The second-order valence-electron chi connectivity index (χ2n) is 7.64. The van der Waals surface area contributed by atoms with E-state index in [1.54, 1.807) is 17.0 Å². The summed E-state index contributed by atoms with van der Waals surface area (Å²) in [5.41, 5.74) is 2.49. The number of carbonyl (C=O) groups is 2. The monoisotopic (exact) mass is 484 g/mol. The fourth-order valence-electron chi connectivity index (χ4n) is 3.42. The third-order valence-corrected chi connectivity index (χ3v) is 5.80. The first-order chi connectivity index (χ1) is 15.0. The number of amides is 2. The highest BCUT2D eigenvalue weighted by molar-refractivity contribution is 9.10. The van der Waals surface area contributed by atoms with Gasteiger partial charge in [0.05, 0.1) is 11.0 Å². The summed E-state index contributed by atoms with van der Waals surface area (Å²) >= 11 is 3.38. The highest BCUT2D eigenvalue weighted by Gasteiger charge is 2.16. The number of imidazole rings is 1. The number of benzene rings is 2. The smallest absolute Gasteiger partial charge is 0.251 e. The zero-order chi connectivity index (χ0) is 22.2. The van der Waals surface area contributed by atoms with Gasteiger partial charge >= 0.3 is 0 Å². The van der Waals surface area contributed by atoms with Crippen molar-refractivity contribution in [3.05, 3.63) is 64.4 Å². The van der Waals surface area contributed by atoms with Crippen molar-refractivity contribution in [3.63, 3.8) is 0 Å². The largest absolute Gasteiger partial charge is 0.352 e. The molecule has 0 aliphatic carbocycles. The molecule has 0 saturated carbocycles. The number of likely N-dealkylation sites (N-methyl/N-ethyl adjacent to an activating group) is 1. The van der Waals surface area contributed by atoms with E-state index in [2.05, 4.69) is 28.2 Å². The highest BCUT2D eigenvalue weighted by atomic mass is 79.9. The van der Waals surface area contributed by atoms with Crippen LogP contribution in [0.25, 0.3) is 11.0 Å². The summed E-state index contributed by atoms with van der Waals surface area (Å²) in [7, 11) is 1.86. The standard InChI is InChI=1S/C24H29BrN4O2/c1-3-4-16-28(2)23(30)17-29-21-9-6-5-8-20(21)27-22(29)10-7-15-26-24(31)18-11-13-19(25)14-12-18/h5-6,8-9,11-14H,3-4,7,10,15-17H2,1-2H3,(H,26,31). The van der Waals surface area contributed by atoms with Crippen LogP contribution in [-0.4, -0.2) is 46.4 Å². The van der Waals surface area contributed by atoms with Gasteiger partial charge in [-0.1, -0.05) is 41.4 Å². The molecule has 1 heterocycles. The van der Waals surface area contributed by atoms with Crippen molar-refractivity contribution < 1.29 is 9.59 Å². The van der Waals surface area contributed by atoms with E-state index in [9.17, 15) is 9.59 Å². The lowest BCUT2D eigenvalue weighted by molar-refractivity contribution is -0.130.